The van der Waals surface area contributed by atoms with Crippen LogP contribution in [0.5, 0.6) is 11.5 Å². The van der Waals surface area contributed by atoms with E-state index in [-0.39, 0.29) is 12.5 Å². The standard InChI is InChI=1S/C18H13N3O4/c22-17(12-5-6-14-15(9-12)25-10-24-14)20-21-18(23)16-13-4-2-1-3-11(13)7-8-19-16/h1-9H,10H2,(H,20,22)(H,21,23). The molecule has 0 atom stereocenters. The van der Waals surface area contributed by atoms with Gasteiger partial charge in [0.25, 0.3) is 11.8 Å². The summed E-state index contributed by atoms with van der Waals surface area (Å²) in [5.41, 5.74) is 5.35. The molecule has 2 N–H and O–H groups in total. The minimum Gasteiger partial charge on any atom is -0.454 e. The molecule has 0 radical (unpaired) electrons. The number of rotatable bonds is 2. The van der Waals surface area contributed by atoms with Crippen molar-refractivity contribution in [3.63, 3.8) is 0 Å². The lowest BCUT2D eigenvalue weighted by Crippen LogP contribution is -2.42. The predicted molar refractivity (Wildman–Crippen MR) is 89.2 cm³/mol. The van der Waals surface area contributed by atoms with Crippen molar-refractivity contribution >= 4 is 22.6 Å². The third kappa shape index (κ3) is 2.83. The summed E-state index contributed by atoms with van der Waals surface area (Å²) in [4.78, 5) is 28.7. The summed E-state index contributed by atoms with van der Waals surface area (Å²) in [5, 5.41) is 1.60. The molecule has 0 spiro atoms. The second-order valence-electron chi connectivity index (χ2n) is 5.36. The minimum atomic E-state index is -0.495. The van der Waals surface area contributed by atoms with Crippen molar-refractivity contribution in [2.75, 3.05) is 6.79 Å². The van der Waals surface area contributed by atoms with Crippen LogP contribution in [-0.4, -0.2) is 23.6 Å². The molecule has 2 amide bonds. The topological polar surface area (TPSA) is 89.6 Å². The summed E-state index contributed by atoms with van der Waals surface area (Å²) in [6.45, 7) is 0.129. The first-order chi connectivity index (χ1) is 12.2. The number of ether oxygens (including phenoxy) is 2. The third-order valence-corrected chi connectivity index (χ3v) is 3.81. The first-order valence-corrected chi connectivity index (χ1v) is 7.56. The van der Waals surface area contributed by atoms with E-state index in [0.717, 1.165) is 5.39 Å². The normalized spacial score (nSPS) is 12.0. The van der Waals surface area contributed by atoms with E-state index in [2.05, 4.69) is 15.8 Å². The number of amides is 2. The number of hydrazine groups is 1. The molecule has 7 heteroatoms. The highest BCUT2D eigenvalue weighted by Gasteiger charge is 2.17. The molecule has 4 rings (SSSR count). The van der Waals surface area contributed by atoms with Crippen molar-refractivity contribution in [2.45, 2.75) is 0 Å². The number of carbonyl (C=O) groups excluding carboxylic acids is 2. The molecule has 25 heavy (non-hydrogen) atoms. The van der Waals surface area contributed by atoms with Crippen molar-refractivity contribution in [1.82, 2.24) is 15.8 Å². The lowest BCUT2D eigenvalue weighted by atomic mass is 10.1. The fourth-order valence-electron chi connectivity index (χ4n) is 2.58. The molecule has 1 aliphatic rings. The van der Waals surface area contributed by atoms with E-state index >= 15 is 0 Å². The van der Waals surface area contributed by atoms with Gasteiger partial charge in [-0.3, -0.25) is 25.4 Å². The van der Waals surface area contributed by atoms with Gasteiger partial charge in [-0.1, -0.05) is 24.3 Å². The van der Waals surface area contributed by atoms with Gasteiger partial charge in [0, 0.05) is 17.1 Å². The molecule has 1 aliphatic heterocycles. The maximum absolute atomic E-state index is 12.3. The smallest absolute Gasteiger partial charge is 0.288 e. The molecular formula is C18H13N3O4. The van der Waals surface area contributed by atoms with Crippen LogP contribution in [0.4, 0.5) is 0 Å². The molecule has 0 saturated heterocycles. The van der Waals surface area contributed by atoms with E-state index in [1.807, 2.05) is 24.3 Å². The molecular weight excluding hydrogens is 322 g/mol. The molecule has 1 aromatic heterocycles. The summed E-state index contributed by atoms with van der Waals surface area (Å²) >= 11 is 0. The van der Waals surface area contributed by atoms with Crippen molar-refractivity contribution in [1.29, 1.82) is 0 Å². The Labute approximate surface area is 142 Å². The van der Waals surface area contributed by atoms with Gasteiger partial charge in [-0.25, -0.2) is 0 Å². The van der Waals surface area contributed by atoms with Crippen molar-refractivity contribution in [3.05, 3.63) is 66.0 Å². The van der Waals surface area contributed by atoms with Crippen LogP contribution in [-0.2, 0) is 0 Å². The van der Waals surface area contributed by atoms with Crippen LogP contribution in [0.25, 0.3) is 10.8 Å². The van der Waals surface area contributed by atoms with Crippen LogP contribution in [0.3, 0.4) is 0 Å². The molecule has 0 saturated carbocycles. The summed E-state index contributed by atoms with van der Waals surface area (Å²) < 4.78 is 10.4. The van der Waals surface area contributed by atoms with Gasteiger partial charge in [0.15, 0.2) is 11.5 Å². The highest BCUT2D eigenvalue weighted by molar-refractivity contribution is 6.06. The molecule has 3 aromatic rings. The Morgan fingerprint density at radius 3 is 2.64 bits per heavy atom. The third-order valence-electron chi connectivity index (χ3n) is 3.81. The Bertz CT molecular complexity index is 982. The molecule has 0 bridgehead atoms. The maximum Gasteiger partial charge on any atom is 0.288 e. The van der Waals surface area contributed by atoms with Gasteiger partial charge in [-0.2, -0.15) is 0 Å². The molecule has 0 fully saturated rings. The number of fused-ring (bicyclic) bond motifs is 2. The summed E-state index contributed by atoms with van der Waals surface area (Å²) in [7, 11) is 0. The Balaban J connectivity index is 1.49. The fourth-order valence-corrected chi connectivity index (χ4v) is 2.58. The minimum absolute atomic E-state index is 0.129. The number of hydrogen-bond acceptors (Lipinski definition) is 5. The Morgan fingerprint density at radius 2 is 1.72 bits per heavy atom. The van der Waals surface area contributed by atoms with Crippen LogP contribution in [0.15, 0.2) is 54.7 Å². The zero-order chi connectivity index (χ0) is 17.2. The zero-order valence-corrected chi connectivity index (χ0v) is 13.0. The Hall–Kier alpha value is -3.61. The van der Waals surface area contributed by atoms with Crippen molar-refractivity contribution in [3.8, 4) is 11.5 Å². The van der Waals surface area contributed by atoms with E-state index < -0.39 is 11.8 Å². The summed E-state index contributed by atoms with van der Waals surface area (Å²) in [5.74, 6) is 0.119. The van der Waals surface area contributed by atoms with E-state index in [0.29, 0.717) is 22.4 Å². The van der Waals surface area contributed by atoms with Crippen molar-refractivity contribution < 1.29 is 19.1 Å². The Kier molecular flexibility index (Phi) is 3.66. The first-order valence-electron chi connectivity index (χ1n) is 7.56. The van der Waals surface area contributed by atoms with E-state index in [1.54, 1.807) is 30.5 Å². The lowest BCUT2D eigenvalue weighted by Gasteiger charge is -2.09. The van der Waals surface area contributed by atoms with E-state index in [9.17, 15) is 9.59 Å². The predicted octanol–water partition coefficient (Wildman–Crippen LogP) is 2.04. The number of benzene rings is 2. The number of carbonyl (C=O) groups is 2. The maximum atomic E-state index is 12.3. The number of aromatic nitrogens is 1. The monoisotopic (exact) mass is 335 g/mol. The van der Waals surface area contributed by atoms with Crippen LogP contribution >= 0.6 is 0 Å². The van der Waals surface area contributed by atoms with E-state index in [4.69, 9.17) is 9.47 Å². The lowest BCUT2D eigenvalue weighted by molar-refractivity contribution is 0.0845. The van der Waals surface area contributed by atoms with Crippen LogP contribution in [0, 0.1) is 0 Å². The Morgan fingerprint density at radius 1 is 0.920 bits per heavy atom. The quantitative estimate of drug-likeness (QED) is 0.700. The second kappa shape index (κ2) is 6.12. The molecule has 2 aromatic carbocycles. The van der Waals surface area contributed by atoms with Gasteiger partial charge in [-0.15, -0.1) is 0 Å². The van der Waals surface area contributed by atoms with Crippen molar-refractivity contribution in [2.24, 2.45) is 0 Å². The number of nitrogens with zero attached hydrogens (tertiary/aromatic N) is 1. The van der Waals surface area contributed by atoms with Crippen LogP contribution < -0.4 is 20.3 Å². The molecule has 0 aliphatic carbocycles. The molecule has 124 valence electrons. The zero-order valence-electron chi connectivity index (χ0n) is 13.0. The number of pyridine rings is 1. The van der Waals surface area contributed by atoms with Crippen LogP contribution in [0.2, 0.25) is 0 Å². The van der Waals surface area contributed by atoms with Gasteiger partial charge < -0.3 is 9.47 Å². The second-order valence-corrected chi connectivity index (χ2v) is 5.36. The number of nitrogens with one attached hydrogen (secondary N) is 2. The largest absolute Gasteiger partial charge is 0.454 e. The number of hydrogen-bond donors (Lipinski definition) is 2. The molecule has 2 heterocycles. The van der Waals surface area contributed by atoms with Gasteiger partial charge in [-0.05, 0) is 29.7 Å². The first kappa shape index (κ1) is 14.9. The highest BCUT2D eigenvalue weighted by atomic mass is 16.7. The van der Waals surface area contributed by atoms with E-state index in [1.165, 1.54) is 0 Å². The fraction of sp³-hybridized carbons (Fsp3) is 0.0556. The van der Waals surface area contributed by atoms with Gasteiger partial charge in [0.05, 0.1) is 0 Å². The van der Waals surface area contributed by atoms with Crippen LogP contribution in [0.1, 0.15) is 20.8 Å². The van der Waals surface area contributed by atoms with Gasteiger partial charge in [0.2, 0.25) is 6.79 Å². The average molecular weight is 335 g/mol. The van der Waals surface area contributed by atoms with Gasteiger partial charge >= 0.3 is 0 Å². The van der Waals surface area contributed by atoms with Gasteiger partial charge in [0.1, 0.15) is 5.69 Å². The molecule has 0 unspecified atom stereocenters. The summed E-state index contributed by atoms with van der Waals surface area (Å²) in [6, 6.07) is 14.0. The SMILES string of the molecule is O=C(NNC(=O)c1nccc2ccccc12)c1ccc2c(c1)OCO2. The molecule has 7 nitrogen and oxygen atoms in total. The summed E-state index contributed by atoms with van der Waals surface area (Å²) in [6.07, 6.45) is 1.55. The highest BCUT2D eigenvalue weighted by Crippen LogP contribution is 2.32. The average Bonchev–Trinajstić information content (AvgIpc) is 3.13.